The Labute approximate surface area is 112 Å². The minimum absolute atomic E-state index is 0.0434. The number of hydrogen-bond acceptors (Lipinski definition) is 3. The van der Waals surface area contributed by atoms with Crippen molar-refractivity contribution < 1.29 is 9.90 Å². The Hall–Kier alpha value is -0.610. The Morgan fingerprint density at radius 2 is 1.67 bits per heavy atom. The standard InChI is InChI=1S/C14H30N2O2/c1-7-9-12(13(17)15-8-2)14(18)16(10(3)4)11(5)6/h10-12,14,18H,7-9H2,1-6H3,(H,15,17). The summed E-state index contributed by atoms with van der Waals surface area (Å²) in [6.45, 7) is 12.7. The van der Waals surface area contributed by atoms with Crippen molar-refractivity contribution in [1.29, 1.82) is 0 Å². The van der Waals surface area contributed by atoms with Gasteiger partial charge in [-0.1, -0.05) is 13.3 Å². The summed E-state index contributed by atoms with van der Waals surface area (Å²) in [6, 6.07) is 0.433. The second-order valence-corrected chi connectivity index (χ2v) is 5.34. The summed E-state index contributed by atoms with van der Waals surface area (Å²) in [5.74, 6) is -0.391. The maximum absolute atomic E-state index is 12.0. The van der Waals surface area contributed by atoms with Gasteiger partial charge in [-0.3, -0.25) is 9.69 Å². The van der Waals surface area contributed by atoms with Gasteiger partial charge in [-0.05, 0) is 41.0 Å². The lowest BCUT2D eigenvalue weighted by Gasteiger charge is -2.38. The molecule has 1 amide bonds. The quantitative estimate of drug-likeness (QED) is 0.655. The molecule has 0 aliphatic carbocycles. The molecule has 108 valence electrons. The first-order chi connectivity index (χ1) is 8.36. The first-order valence-electron chi connectivity index (χ1n) is 7.09. The number of rotatable bonds is 8. The molecule has 0 aliphatic rings. The third-order valence-corrected chi connectivity index (χ3v) is 3.15. The number of amides is 1. The maximum atomic E-state index is 12.0. The van der Waals surface area contributed by atoms with Crippen LogP contribution in [0.4, 0.5) is 0 Å². The van der Waals surface area contributed by atoms with Crippen molar-refractivity contribution in [3.05, 3.63) is 0 Å². The molecule has 0 aromatic carbocycles. The lowest BCUT2D eigenvalue weighted by Crippen LogP contribution is -2.52. The van der Waals surface area contributed by atoms with E-state index in [1.54, 1.807) is 0 Å². The number of nitrogens with one attached hydrogen (secondary N) is 1. The molecule has 18 heavy (non-hydrogen) atoms. The van der Waals surface area contributed by atoms with Gasteiger partial charge in [0.25, 0.3) is 0 Å². The van der Waals surface area contributed by atoms with Crippen molar-refractivity contribution in [2.75, 3.05) is 6.54 Å². The van der Waals surface area contributed by atoms with Crippen LogP contribution in [0.25, 0.3) is 0 Å². The van der Waals surface area contributed by atoms with Crippen LogP contribution >= 0.6 is 0 Å². The van der Waals surface area contributed by atoms with Crippen LogP contribution in [0, 0.1) is 5.92 Å². The van der Waals surface area contributed by atoms with E-state index in [1.165, 1.54) is 0 Å². The molecule has 0 aliphatic heterocycles. The van der Waals surface area contributed by atoms with E-state index in [0.717, 1.165) is 6.42 Å². The Kier molecular flexibility index (Phi) is 8.20. The molecule has 0 spiro atoms. The van der Waals surface area contributed by atoms with Gasteiger partial charge in [0.05, 0.1) is 5.92 Å². The van der Waals surface area contributed by atoms with Gasteiger partial charge in [-0.25, -0.2) is 0 Å². The molecule has 2 atom stereocenters. The van der Waals surface area contributed by atoms with Crippen molar-refractivity contribution >= 4 is 5.91 Å². The van der Waals surface area contributed by atoms with E-state index >= 15 is 0 Å². The molecule has 0 radical (unpaired) electrons. The third-order valence-electron chi connectivity index (χ3n) is 3.15. The summed E-state index contributed by atoms with van der Waals surface area (Å²) < 4.78 is 0. The highest BCUT2D eigenvalue weighted by Crippen LogP contribution is 2.20. The molecule has 0 rings (SSSR count). The van der Waals surface area contributed by atoms with Crippen LogP contribution in [-0.2, 0) is 4.79 Å². The number of hydrogen-bond donors (Lipinski definition) is 2. The number of aliphatic hydroxyl groups excluding tert-OH is 1. The van der Waals surface area contributed by atoms with E-state index in [0.29, 0.717) is 13.0 Å². The fraction of sp³-hybridized carbons (Fsp3) is 0.929. The normalized spacial score (nSPS) is 15.2. The topological polar surface area (TPSA) is 52.6 Å². The zero-order valence-corrected chi connectivity index (χ0v) is 12.7. The van der Waals surface area contributed by atoms with Crippen molar-refractivity contribution in [2.45, 2.75) is 72.7 Å². The number of carbonyl (C=O) groups excluding carboxylic acids is 1. The van der Waals surface area contributed by atoms with Crippen molar-refractivity contribution in [2.24, 2.45) is 5.92 Å². The van der Waals surface area contributed by atoms with Gasteiger partial charge in [0.15, 0.2) is 0 Å². The zero-order valence-electron chi connectivity index (χ0n) is 12.7. The molecular weight excluding hydrogens is 228 g/mol. The Balaban J connectivity index is 4.91. The maximum Gasteiger partial charge on any atom is 0.227 e. The minimum atomic E-state index is -0.712. The number of aliphatic hydroxyl groups is 1. The summed E-state index contributed by atoms with van der Waals surface area (Å²) in [5, 5.41) is 13.3. The highest BCUT2D eigenvalue weighted by Gasteiger charge is 2.32. The molecule has 0 fully saturated rings. The summed E-state index contributed by atoms with van der Waals surface area (Å²) in [7, 11) is 0. The average molecular weight is 258 g/mol. The monoisotopic (exact) mass is 258 g/mol. The molecular formula is C14H30N2O2. The van der Waals surface area contributed by atoms with Crippen LogP contribution in [0.3, 0.4) is 0 Å². The van der Waals surface area contributed by atoms with Gasteiger partial charge in [0, 0.05) is 18.6 Å². The lowest BCUT2D eigenvalue weighted by atomic mass is 9.98. The molecule has 0 aromatic heterocycles. The first-order valence-corrected chi connectivity index (χ1v) is 7.09. The summed E-state index contributed by atoms with van der Waals surface area (Å²) in [6.07, 6.45) is 0.891. The van der Waals surface area contributed by atoms with E-state index in [4.69, 9.17) is 0 Å². The molecule has 4 nitrogen and oxygen atoms in total. The van der Waals surface area contributed by atoms with Crippen molar-refractivity contribution in [1.82, 2.24) is 10.2 Å². The molecule has 0 aromatic rings. The van der Waals surface area contributed by atoms with E-state index in [9.17, 15) is 9.90 Å². The Bertz CT molecular complexity index is 234. The fourth-order valence-corrected chi connectivity index (χ4v) is 2.45. The van der Waals surface area contributed by atoms with Gasteiger partial charge in [0.2, 0.25) is 5.91 Å². The second-order valence-electron chi connectivity index (χ2n) is 5.34. The van der Waals surface area contributed by atoms with E-state index in [2.05, 4.69) is 5.32 Å². The molecule has 0 heterocycles. The predicted octanol–water partition coefficient (Wildman–Crippen LogP) is 1.98. The van der Waals surface area contributed by atoms with Crippen LogP contribution in [0.1, 0.15) is 54.4 Å². The van der Waals surface area contributed by atoms with Crippen molar-refractivity contribution in [3.63, 3.8) is 0 Å². The van der Waals surface area contributed by atoms with Crippen molar-refractivity contribution in [3.8, 4) is 0 Å². The van der Waals surface area contributed by atoms with Crippen LogP contribution in [0.2, 0.25) is 0 Å². The second kappa shape index (κ2) is 8.48. The molecule has 0 bridgehead atoms. The summed E-state index contributed by atoms with van der Waals surface area (Å²) >= 11 is 0. The Morgan fingerprint density at radius 1 is 1.17 bits per heavy atom. The molecule has 2 N–H and O–H groups in total. The minimum Gasteiger partial charge on any atom is -0.378 e. The molecule has 4 heteroatoms. The van der Waals surface area contributed by atoms with Crippen LogP contribution in [-0.4, -0.2) is 40.8 Å². The fourth-order valence-electron chi connectivity index (χ4n) is 2.45. The highest BCUT2D eigenvalue weighted by molar-refractivity contribution is 5.79. The van der Waals surface area contributed by atoms with Crippen LogP contribution in [0.15, 0.2) is 0 Å². The number of carbonyl (C=O) groups is 1. The van der Waals surface area contributed by atoms with E-state index in [1.807, 2.05) is 46.4 Å². The van der Waals surface area contributed by atoms with Gasteiger partial charge in [0.1, 0.15) is 6.23 Å². The summed E-state index contributed by atoms with van der Waals surface area (Å²) in [4.78, 5) is 14.0. The van der Waals surface area contributed by atoms with E-state index < -0.39 is 6.23 Å². The van der Waals surface area contributed by atoms with Crippen LogP contribution < -0.4 is 5.32 Å². The third kappa shape index (κ3) is 4.94. The van der Waals surface area contributed by atoms with Gasteiger partial charge >= 0.3 is 0 Å². The molecule has 2 unspecified atom stereocenters. The molecule has 0 saturated heterocycles. The van der Waals surface area contributed by atoms with Gasteiger partial charge < -0.3 is 10.4 Å². The number of nitrogens with zero attached hydrogens (tertiary/aromatic N) is 1. The average Bonchev–Trinajstić information content (AvgIpc) is 2.24. The SMILES string of the molecule is CCCC(C(=O)NCC)C(O)N(C(C)C)C(C)C. The Morgan fingerprint density at radius 3 is 2.00 bits per heavy atom. The smallest absolute Gasteiger partial charge is 0.227 e. The van der Waals surface area contributed by atoms with E-state index in [-0.39, 0.29) is 23.9 Å². The predicted molar refractivity (Wildman–Crippen MR) is 75.2 cm³/mol. The highest BCUT2D eigenvalue weighted by atomic mass is 16.3. The van der Waals surface area contributed by atoms with Crippen LogP contribution in [0.5, 0.6) is 0 Å². The lowest BCUT2D eigenvalue weighted by molar-refractivity contribution is -0.139. The van der Waals surface area contributed by atoms with Gasteiger partial charge in [-0.15, -0.1) is 0 Å². The van der Waals surface area contributed by atoms with Gasteiger partial charge in [-0.2, -0.15) is 0 Å². The zero-order chi connectivity index (χ0) is 14.3. The molecule has 0 saturated carbocycles. The largest absolute Gasteiger partial charge is 0.378 e. The first kappa shape index (κ1) is 17.4. The summed E-state index contributed by atoms with van der Waals surface area (Å²) in [5.41, 5.74) is 0.